The summed E-state index contributed by atoms with van der Waals surface area (Å²) < 4.78 is 5.67. The van der Waals surface area contributed by atoms with Gasteiger partial charge in [-0.3, -0.25) is 0 Å². The first-order valence-electron chi connectivity index (χ1n) is 7.26. The van der Waals surface area contributed by atoms with Crippen molar-refractivity contribution in [2.75, 3.05) is 18.5 Å². The predicted molar refractivity (Wildman–Crippen MR) is 84.3 cm³/mol. The number of nitrogens with zero attached hydrogens (tertiary/aromatic N) is 3. The Morgan fingerprint density at radius 3 is 2.52 bits per heavy atom. The van der Waals surface area contributed by atoms with Gasteiger partial charge in [-0.25, -0.2) is 0 Å². The lowest BCUT2D eigenvalue weighted by molar-refractivity contribution is 0.381. The third-order valence-corrected chi connectivity index (χ3v) is 3.13. The first-order chi connectivity index (χ1) is 9.94. The number of likely N-dealkylation sites (N-methyl/N-ethyl adjacent to an activating group) is 1. The third kappa shape index (κ3) is 5.19. The summed E-state index contributed by atoms with van der Waals surface area (Å²) in [6.07, 6.45) is 0.954. The highest BCUT2D eigenvalue weighted by Crippen LogP contribution is 2.12. The monoisotopic (exact) mass is 288 g/mol. The third-order valence-electron chi connectivity index (χ3n) is 3.13. The largest absolute Gasteiger partial charge is 0.407 e. The molecule has 0 bridgehead atoms. The minimum atomic E-state index is 0.0356. The summed E-state index contributed by atoms with van der Waals surface area (Å²) in [7, 11) is 1.97. The first kappa shape index (κ1) is 15.5. The number of nitrogens with one attached hydrogen (secondary N) is 1. The highest BCUT2D eigenvalue weighted by atomic mass is 16.4. The molecule has 1 N–H and O–H groups in total. The van der Waals surface area contributed by atoms with Crippen LogP contribution in [0.25, 0.3) is 0 Å². The molecule has 5 heteroatoms. The zero-order valence-electron chi connectivity index (χ0n) is 13.3. The van der Waals surface area contributed by atoms with Crippen molar-refractivity contribution in [3.05, 3.63) is 41.8 Å². The molecule has 0 radical (unpaired) electrons. The smallest absolute Gasteiger partial charge is 0.317 e. The minimum Gasteiger partial charge on any atom is -0.407 e. The van der Waals surface area contributed by atoms with Crippen LogP contribution in [0.3, 0.4) is 0 Å². The Morgan fingerprint density at radius 1 is 1.14 bits per heavy atom. The molecule has 2 rings (SSSR count). The molecule has 1 aromatic heterocycles. The van der Waals surface area contributed by atoms with Crippen LogP contribution in [0.2, 0.25) is 0 Å². The summed E-state index contributed by atoms with van der Waals surface area (Å²) in [5.74, 6) is 0.617. The number of aromatic nitrogens is 2. The zero-order valence-corrected chi connectivity index (χ0v) is 13.3. The van der Waals surface area contributed by atoms with Crippen LogP contribution in [0.1, 0.15) is 32.2 Å². The molecule has 0 fully saturated rings. The second-order valence-corrected chi connectivity index (χ2v) is 6.24. The van der Waals surface area contributed by atoms with Crippen LogP contribution >= 0.6 is 0 Å². The number of anilines is 1. The summed E-state index contributed by atoms with van der Waals surface area (Å²) in [6.45, 7) is 7.75. The summed E-state index contributed by atoms with van der Waals surface area (Å²) in [4.78, 5) is 1.99. The Bertz CT molecular complexity index is 545. The number of hydrogen-bond acceptors (Lipinski definition) is 5. The van der Waals surface area contributed by atoms with Crippen molar-refractivity contribution in [1.82, 2.24) is 15.5 Å². The second-order valence-electron chi connectivity index (χ2n) is 6.24. The van der Waals surface area contributed by atoms with Gasteiger partial charge in [-0.2, -0.15) is 0 Å². The quantitative estimate of drug-likeness (QED) is 0.885. The predicted octanol–water partition coefficient (Wildman–Crippen LogP) is 2.64. The number of hydrogen-bond donors (Lipinski definition) is 1. The standard InChI is InChI=1S/C16H24N4O/c1-16(2,3)17-12-14-18-19-15(21-14)20(4)11-10-13-8-6-5-7-9-13/h5-9,17H,10-12H2,1-4H3. The zero-order chi connectivity index (χ0) is 15.3. The molecule has 0 unspecified atom stereocenters. The molecule has 0 aliphatic carbocycles. The minimum absolute atomic E-state index is 0.0356. The van der Waals surface area contributed by atoms with Crippen molar-refractivity contribution < 1.29 is 4.42 Å². The van der Waals surface area contributed by atoms with Gasteiger partial charge < -0.3 is 14.6 Å². The molecule has 114 valence electrons. The topological polar surface area (TPSA) is 54.2 Å². The summed E-state index contributed by atoms with van der Waals surface area (Å²) in [5.41, 5.74) is 1.34. The molecule has 0 atom stereocenters. The van der Waals surface area contributed by atoms with Crippen molar-refractivity contribution in [2.24, 2.45) is 0 Å². The molecule has 0 aliphatic heterocycles. The molecule has 0 saturated heterocycles. The molecule has 21 heavy (non-hydrogen) atoms. The van der Waals surface area contributed by atoms with Crippen LogP contribution in [0.5, 0.6) is 0 Å². The SMILES string of the molecule is CN(CCc1ccccc1)c1nnc(CNC(C)(C)C)o1. The molecule has 2 aromatic rings. The maximum Gasteiger partial charge on any atom is 0.317 e. The summed E-state index contributed by atoms with van der Waals surface area (Å²) in [6, 6.07) is 11.0. The fourth-order valence-corrected chi connectivity index (χ4v) is 1.85. The molecule has 0 spiro atoms. The highest BCUT2D eigenvalue weighted by Gasteiger charge is 2.14. The molecule has 1 aromatic carbocycles. The van der Waals surface area contributed by atoms with Gasteiger partial charge in [0.25, 0.3) is 0 Å². The van der Waals surface area contributed by atoms with E-state index in [9.17, 15) is 0 Å². The fraction of sp³-hybridized carbons (Fsp3) is 0.500. The van der Waals surface area contributed by atoms with Crippen molar-refractivity contribution in [1.29, 1.82) is 0 Å². The Balaban J connectivity index is 1.85. The lowest BCUT2D eigenvalue weighted by Crippen LogP contribution is -2.35. The van der Waals surface area contributed by atoms with E-state index in [0.717, 1.165) is 13.0 Å². The Labute approximate surface area is 126 Å². The first-order valence-corrected chi connectivity index (χ1v) is 7.26. The number of rotatable bonds is 6. The maximum absolute atomic E-state index is 5.67. The van der Waals surface area contributed by atoms with E-state index in [1.807, 2.05) is 18.0 Å². The second kappa shape index (κ2) is 6.72. The summed E-state index contributed by atoms with van der Waals surface area (Å²) >= 11 is 0. The maximum atomic E-state index is 5.67. The fourth-order valence-electron chi connectivity index (χ4n) is 1.85. The molecule has 0 saturated carbocycles. The van der Waals surface area contributed by atoms with E-state index in [-0.39, 0.29) is 5.54 Å². The van der Waals surface area contributed by atoms with E-state index in [2.05, 4.69) is 60.6 Å². The van der Waals surface area contributed by atoms with Gasteiger partial charge in [-0.15, -0.1) is 5.10 Å². The molecule has 0 aliphatic rings. The van der Waals surface area contributed by atoms with Crippen molar-refractivity contribution >= 4 is 6.01 Å². The van der Waals surface area contributed by atoms with Gasteiger partial charge in [0.2, 0.25) is 5.89 Å². The van der Waals surface area contributed by atoms with Crippen molar-refractivity contribution in [3.63, 3.8) is 0 Å². The van der Waals surface area contributed by atoms with Gasteiger partial charge in [0, 0.05) is 19.1 Å². The average molecular weight is 288 g/mol. The molecular weight excluding hydrogens is 264 g/mol. The Kier molecular flexibility index (Phi) is 4.96. The van der Waals surface area contributed by atoms with Gasteiger partial charge in [0.1, 0.15) is 0 Å². The van der Waals surface area contributed by atoms with E-state index in [1.165, 1.54) is 5.56 Å². The van der Waals surface area contributed by atoms with E-state index in [0.29, 0.717) is 18.5 Å². The summed E-state index contributed by atoms with van der Waals surface area (Å²) in [5, 5.41) is 11.5. The van der Waals surface area contributed by atoms with Crippen LogP contribution in [0.4, 0.5) is 6.01 Å². The van der Waals surface area contributed by atoms with Gasteiger partial charge >= 0.3 is 6.01 Å². The lowest BCUT2D eigenvalue weighted by atomic mass is 10.1. The van der Waals surface area contributed by atoms with Crippen LogP contribution in [0.15, 0.2) is 34.7 Å². The van der Waals surface area contributed by atoms with Crippen LogP contribution in [0, 0.1) is 0 Å². The van der Waals surface area contributed by atoms with Crippen LogP contribution in [-0.2, 0) is 13.0 Å². The van der Waals surface area contributed by atoms with Crippen LogP contribution < -0.4 is 10.2 Å². The van der Waals surface area contributed by atoms with Crippen molar-refractivity contribution in [3.8, 4) is 0 Å². The van der Waals surface area contributed by atoms with Gasteiger partial charge in [0.15, 0.2) is 0 Å². The molecule has 0 amide bonds. The van der Waals surface area contributed by atoms with Gasteiger partial charge in [0.05, 0.1) is 6.54 Å². The van der Waals surface area contributed by atoms with Crippen molar-refractivity contribution in [2.45, 2.75) is 39.3 Å². The average Bonchev–Trinajstić information content (AvgIpc) is 2.92. The van der Waals surface area contributed by atoms with Crippen LogP contribution in [-0.4, -0.2) is 29.3 Å². The van der Waals surface area contributed by atoms with E-state index >= 15 is 0 Å². The van der Waals surface area contributed by atoms with E-state index in [4.69, 9.17) is 4.42 Å². The highest BCUT2D eigenvalue weighted by molar-refractivity contribution is 5.24. The Hall–Kier alpha value is -1.88. The van der Waals surface area contributed by atoms with Gasteiger partial charge in [-0.05, 0) is 32.8 Å². The van der Waals surface area contributed by atoms with E-state index < -0.39 is 0 Å². The Morgan fingerprint density at radius 2 is 1.86 bits per heavy atom. The lowest BCUT2D eigenvalue weighted by Gasteiger charge is -2.18. The molecule has 1 heterocycles. The molecular formula is C16H24N4O. The number of benzene rings is 1. The van der Waals surface area contributed by atoms with E-state index in [1.54, 1.807) is 0 Å². The molecule has 5 nitrogen and oxygen atoms in total. The van der Waals surface area contributed by atoms with Gasteiger partial charge in [-0.1, -0.05) is 35.4 Å². The normalized spacial score (nSPS) is 11.6.